The lowest BCUT2D eigenvalue weighted by Gasteiger charge is -2.03. The van der Waals surface area contributed by atoms with Crippen LogP contribution < -0.4 is 5.32 Å². The van der Waals surface area contributed by atoms with Crippen LogP contribution in [0.4, 0.5) is 8.78 Å². The Morgan fingerprint density at radius 2 is 2.00 bits per heavy atom. The highest BCUT2D eigenvalue weighted by atomic mass is 19.3. The van der Waals surface area contributed by atoms with E-state index in [0.717, 1.165) is 12.0 Å². The number of hydrogen-bond donors (Lipinski definition) is 1. The fraction of sp³-hybridized carbons (Fsp3) is 0.364. The predicted octanol–water partition coefficient (Wildman–Crippen LogP) is 1.92. The Hall–Kier alpha value is -1.45. The topological polar surface area (TPSA) is 29.1 Å². The van der Waals surface area contributed by atoms with E-state index in [2.05, 4.69) is 5.32 Å². The van der Waals surface area contributed by atoms with E-state index in [0.29, 0.717) is 0 Å². The van der Waals surface area contributed by atoms with Gasteiger partial charge in [-0.3, -0.25) is 4.79 Å². The van der Waals surface area contributed by atoms with E-state index in [4.69, 9.17) is 0 Å². The Balaban J connectivity index is 1.89. The number of benzene rings is 1. The van der Waals surface area contributed by atoms with Crippen LogP contribution in [0.1, 0.15) is 17.9 Å². The first-order valence-corrected chi connectivity index (χ1v) is 4.82. The lowest BCUT2D eigenvalue weighted by molar-refractivity contribution is -0.131. The monoisotopic (exact) mass is 211 g/mol. The first kappa shape index (κ1) is 10.1. The molecule has 2 atom stereocenters. The zero-order valence-corrected chi connectivity index (χ0v) is 7.99. The number of rotatable bonds is 3. The zero-order chi connectivity index (χ0) is 10.8. The minimum Gasteiger partial charge on any atom is -0.348 e. The highest BCUT2D eigenvalue weighted by Crippen LogP contribution is 2.40. The number of nitrogens with one attached hydrogen (secondary N) is 1. The fourth-order valence-electron chi connectivity index (χ4n) is 1.67. The Morgan fingerprint density at radius 1 is 1.33 bits per heavy atom. The van der Waals surface area contributed by atoms with Gasteiger partial charge in [0.05, 0.1) is 0 Å². The normalized spacial score (nSPS) is 23.9. The summed E-state index contributed by atoms with van der Waals surface area (Å²) in [6.45, 7) is 0. The van der Waals surface area contributed by atoms with Crippen molar-refractivity contribution in [2.45, 2.75) is 24.8 Å². The van der Waals surface area contributed by atoms with Gasteiger partial charge < -0.3 is 5.32 Å². The van der Waals surface area contributed by atoms with Crippen LogP contribution >= 0.6 is 0 Å². The minimum atomic E-state index is -2.91. The molecule has 4 heteroatoms. The first-order valence-electron chi connectivity index (χ1n) is 4.82. The van der Waals surface area contributed by atoms with Crippen LogP contribution in [0.5, 0.6) is 0 Å². The quantitative estimate of drug-likeness (QED) is 0.813. The van der Waals surface area contributed by atoms with Gasteiger partial charge in [0.2, 0.25) is 0 Å². The highest BCUT2D eigenvalue weighted by Gasteiger charge is 2.40. The molecule has 0 saturated heterocycles. The van der Waals surface area contributed by atoms with Gasteiger partial charge in [0.25, 0.3) is 5.91 Å². The maximum Gasteiger partial charge on any atom is 0.315 e. The smallest absolute Gasteiger partial charge is 0.315 e. The Morgan fingerprint density at radius 3 is 2.60 bits per heavy atom. The van der Waals surface area contributed by atoms with Crippen molar-refractivity contribution in [3.63, 3.8) is 0 Å². The van der Waals surface area contributed by atoms with Gasteiger partial charge in [-0.15, -0.1) is 0 Å². The Bertz CT molecular complexity index is 353. The third-order valence-corrected chi connectivity index (χ3v) is 2.54. The number of carbonyl (C=O) groups is 1. The molecule has 1 fully saturated rings. The number of hydrogen-bond acceptors (Lipinski definition) is 1. The molecule has 1 aromatic rings. The SMILES string of the molecule is O=C(NC1CC1c1ccccc1)C(F)F. The lowest BCUT2D eigenvalue weighted by atomic mass is 10.1. The van der Waals surface area contributed by atoms with Gasteiger partial charge in [-0.2, -0.15) is 8.78 Å². The van der Waals surface area contributed by atoms with Gasteiger partial charge >= 0.3 is 6.43 Å². The lowest BCUT2D eigenvalue weighted by Crippen LogP contribution is -2.31. The van der Waals surface area contributed by atoms with Crippen molar-refractivity contribution in [3.05, 3.63) is 35.9 Å². The van der Waals surface area contributed by atoms with Crippen molar-refractivity contribution in [1.82, 2.24) is 5.32 Å². The molecule has 2 unspecified atom stereocenters. The van der Waals surface area contributed by atoms with Crippen molar-refractivity contribution >= 4 is 5.91 Å². The number of alkyl halides is 2. The molecular formula is C11H11F2NO. The summed E-state index contributed by atoms with van der Waals surface area (Å²) in [5.41, 5.74) is 1.09. The van der Waals surface area contributed by atoms with Gasteiger partial charge in [0.15, 0.2) is 0 Å². The van der Waals surface area contributed by atoms with Crippen LogP contribution in [0.2, 0.25) is 0 Å². The summed E-state index contributed by atoms with van der Waals surface area (Å²) in [5.74, 6) is -0.965. The van der Waals surface area contributed by atoms with E-state index in [1.54, 1.807) is 0 Å². The van der Waals surface area contributed by atoms with E-state index in [1.165, 1.54) is 0 Å². The van der Waals surface area contributed by atoms with Crippen LogP contribution in [0, 0.1) is 0 Å². The minimum absolute atomic E-state index is 0.117. The summed E-state index contributed by atoms with van der Waals surface area (Å²) in [5, 5.41) is 2.31. The van der Waals surface area contributed by atoms with E-state index >= 15 is 0 Å². The van der Waals surface area contributed by atoms with Crippen LogP contribution in [0.3, 0.4) is 0 Å². The summed E-state index contributed by atoms with van der Waals surface area (Å²) in [6.07, 6.45) is -2.16. The summed E-state index contributed by atoms with van der Waals surface area (Å²) in [7, 11) is 0. The number of halogens is 2. The molecule has 1 amide bonds. The molecule has 0 radical (unpaired) electrons. The molecule has 0 bridgehead atoms. The van der Waals surface area contributed by atoms with E-state index in [1.807, 2.05) is 30.3 Å². The molecule has 1 N–H and O–H groups in total. The zero-order valence-electron chi connectivity index (χ0n) is 7.99. The average Bonchev–Trinajstić information content (AvgIpc) is 2.98. The summed E-state index contributed by atoms with van der Waals surface area (Å²) < 4.78 is 23.9. The van der Waals surface area contributed by atoms with Crippen LogP contribution in [0.15, 0.2) is 30.3 Å². The van der Waals surface area contributed by atoms with Crippen molar-refractivity contribution < 1.29 is 13.6 Å². The first-order chi connectivity index (χ1) is 7.18. The highest BCUT2D eigenvalue weighted by molar-refractivity contribution is 5.79. The van der Waals surface area contributed by atoms with Crippen molar-refractivity contribution in [1.29, 1.82) is 0 Å². The third kappa shape index (κ3) is 2.32. The molecule has 1 aromatic carbocycles. The molecule has 2 nitrogen and oxygen atoms in total. The fourth-order valence-corrected chi connectivity index (χ4v) is 1.67. The Labute approximate surface area is 86.3 Å². The molecule has 1 aliphatic rings. The van der Waals surface area contributed by atoms with E-state index in [9.17, 15) is 13.6 Å². The van der Waals surface area contributed by atoms with Crippen LogP contribution in [-0.2, 0) is 4.79 Å². The molecule has 0 spiro atoms. The average molecular weight is 211 g/mol. The van der Waals surface area contributed by atoms with E-state index < -0.39 is 12.3 Å². The summed E-state index contributed by atoms with van der Waals surface area (Å²) in [4.78, 5) is 10.7. The largest absolute Gasteiger partial charge is 0.348 e. The van der Waals surface area contributed by atoms with Gasteiger partial charge in [0, 0.05) is 12.0 Å². The second kappa shape index (κ2) is 3.96. The second-order valence-electron chi connectivity index (χ2n) is 3.67. The predicted molar refractivity (Wildman–Crippen MR) is 51.7 cm³/mol. The molecule has 1 saturated carbocycles. The van der Waals surface area contributed by atoms with Crippen molar-refractivity contribution in [2.75, 3.05) is 0 Å². The molecule has 0 aliphatic heterocycles. The standard InChI is InChI=1S/C11H11F2NO/c12-10(13)11(15)14-9-6-8(9)7-4-2-1-3-5-7/h1-5,8-10H,6H2,(H,14,15). The molecule has 2 rings (SSSR count). The van der Waals surface area contributed by atoms with Crippen LogP contribution in [-0.4, -0.2) is 18.4 Å². The molecule has 0 heterocycles. The molecule has 80 valence electrons. The third-order valence-electron chi connectivity index (χ3n) is 2.54. The van der Waals surface area contributed by atoms with Gasteiger partial charge in [-0.05, 0) is 12.0 Å². The molecular weight excluding hydrogens is 200 g/mol. The molecule has 1 aliphatic carbocycles. The maximum absolute atomic E-state index is 11.9. The maximum atomic E-state index is 11.9. The molecule has 0 aromatic heterocycles. The Kier molecular flexibility index (Phi) is 2.66. The second-order valence-corrected chi connectivity index (χ2v) is 3.67. The van der Waals surface area contributed by atoms with E-state index in [-0.39, 0.29) is 12.0 Å². The summed E-state index contributed by atoms with van der Waals surface area (Å²) >= 11 is 0. The van der Waals surface area contributed by atoms with Gasteiger partial charge in [-0.1, -0.05) is 30.3 Å². The number of amides is 1. The van der Waals surface area contributed by atoms with Crippen LogP contribution in [0.25, 0.3) is 0 Å². The summed E-state index contributed by atoms with van der Waals surface area (Å²) in [6, 6.07) is 9.48. The van der Waals surface area contributed by atoms with Crippen molar-refractivity contribution in [3.8, 4) is 0 Å². The van der Waals surface area contributed by atoms with Gasteiger partial charge in [-0.25, -0.2) is 0 Å². The molecule has 15 heavy (non-hydrogen) atoms. The van der Waals surface area contributed by atoms with Crippen molar-refractivity contribution in [2.24, 2.45) is 0 Å². The van der Waals surface area contributed by atoms with Gasteiger partial charge in [0.1, 0.15) is 0 Å². The number of carbonyl (C=O) groups excluding carboxylic acids is 1.